The molecular weight excluding hydrogens is 237 g/mol. The van der Waals surface area contributed by atoms with Crippen LogP contribution in [0.3, 0.4) is 0 Å². The monoisotopic (exact) mass is 245 g/mol. The lowest BCUT2D eigenvalue weighted by atomic mass is 10.1. The fourth-order valence-corrected chi connectivity index (χ4v) is 1.83. The molecule has 0 radical (unpaired) electrons. The number of benzene rings is 1. The van der Waals surface area contributed by atoms with E-state index in [1.54, 1.807) is 6.07 Å². The number of thiocarbonyl (C=S) groups is 1. The lowest BCUT2D eigenvalue weighted by molar-refractivity contribution is 0.837. The minimum absolute atomic E-state index is 0.672. The summed E-state index contributed by atoms with van der Waals surface area (Å²) in [7, 11) is 0. The van der Waals surface area contributed by atoms with Gasteiger partial charge in [0.25, 0.3) is 0 Å². The molecule has 0 aliphatic heterocycles. The van der Waals surface area contributed by atoms with Crippen molar-refractivity contribution in [3.8, 4) is 0 Å². The van der Waals surface area contributed by atoms with Gasteiger partial charge in [0, 0.05) is 16.6 Å². The summed E-state index contributed by atoms with van der Waals surface area (Å²) < 4.78 is 0. The molecule has 0 fully saturated rings. The zero-order chi connectivity index (χ0) is 10.4. The fourth-order valence-electron chi connectivity index (χ4n) is 1.16. The molecular formula is C10H9Cl2NS. The van der Waals surface area contributed by atoms with Crippen molar-refractivity contribution in [2.75, 3.05) is 6.54 Å². The second-order valence-corrected chi connectivity index (χ2v) is 3.91. The smallest absolute Gasteiger partial charge is 0.0584 e. The third kappa shape index (κ3) is 4.21. The number of halogens is 2. The molecule has 0 aliphatic carbocycles. The molecule has 1 aromatic carbocycles. The van der Waals surface area contributed by atoms with Crippen molar-refractivity contribution in [1.29, 1.82) is 0 Å². The first-order valence-corrected chi connectivity index (χ1v) is 5.37. The minimum atomic E-state index is 0.672. The SMILES string of the molecule is S=C=NCCCc1cc(Cl)cc(Cl)c1. The van der Waals surface area contributed by atoms with Crippen LogP contribution in [0.15, 0.2) is 23.2 Å². The number of hydrogen-bond donors (Lipinski definition) is 0. The molecule has 0 aromatic heterocycles. The highest BCUT2D eigenvalue weighted by atomic mass is 35.5. The minimum Gasteiger partial charge on any atom is -0.233 e. The van der Waals surface area contributed by atoms with Gasteiger partial charge in [0.05, 0.1) is 5.16 Å². The Morgan fingerprint density at radius 2 is 1.86 bits per heavy atom. The first-order valence-electron chi connectivity index (χ1n) is 4.21. The van der Waals surface area contributed by atoms with Gasteiger partial charge in [-0.15, -0.1) is 0 Å². The standard InChI is InChI=1S/C10H9Cl2NS/c11-9-4-8(5-10(12)6-9)2-1-3-13-7-14/h4-6H,1-3H2. The van der Waals surface area contributed by atoms with Crippen LogP contribution in [0.4, 0.5) is 0 Å². The molecule has 0 amide bonds. The van der Waals surface area contributed by atoms with Gasteiger partial charge in [-0.25, -0.2) is 4.99 Å². The van der Waals surface area contributed by atoms with Gasteiger partial charge in [0.15, 0.2) is 0 Å². The van der Waals surface area contributed by atoms with Gasteiger partial charge in [0.1, 0.15) is 0 Å². The summed E-state index contributed by atoms with van der Waals surface area (Å²) >= 11 is 16.2. The summed E-state index contributed by atoms with van der Waals surface area (Å²) in [6, 6.07) is 5.55. The second-order valence-electron chi connectivity index (χ2n) is 2.85. The third-order valence-electron chi connectivity index (χ3n) is 1.72. The highest BCUT2D eigenvalue weighted by molar-refractivity contribution is 7.78. The Balaban J connectivity index is 2.54. The van der Waals surface area contributed by atoms with Gasteiger partial charge < -0.3 is 0 Å². The van der Waals surface area contributed by atoms with Gasteiger partial charge in [0.2, 0.25) is 0 Å². The molecule has 0 atom stereocenters. The number of nitrogens with zero attached hydrogens (tertiary/aromatic N) is 1. The zero-order valence-electron chi connectivity index (χ0n) is 7.46. The number of aryl methyl sites for hydroxylation is 1. The van der Waals surface area contributed by atoms with Crippen molar-refractivity contribution in [2.24, 2.45) is 4.99 Å². The Bertz CT molecular complexity index is 339. The first kappa shape index (κ1) is 11.7. The summed E-state index contributed by atoms with van der Waals surface area (Å²) in [5, 5.41) is 3.68. The highest BCUT2D eigenvalue weighted by Crippen LogP contribution is 2.19. The molecule has 0 N–H and O–H groups in total. The maximum atomic E-state index is 5.85. The van der Waals surface area contributed by atoms with Gasteiger partial charge in [-0.05, 0) is 48.8 Å². The molecule has 0 saturated heterocycles. The van der Waals surface area contributed by atoms with Crippen LogP contribution in [-0.2, 0) is 6.42 Å². The molecule has 74 valence electrons. The molecule has 0 heterocycles. The Hall–Kier alpha value is -0.400. The van der Waals surface area contributed by atoms with Gasteiger partial charge in [-0.1, -0.05) is 23.2 Å². The van der Waals surface area contributed by atoms with Gasteiger partial charge in [-0.3, -0.25) is 0 Å². The van der Waals surface area contributed by atoms with E-state index >= 15 is 0 Å². The van der Waals surface area contributed by atoms with Gasteiger partial charge >= 0.3 is 0 Å². The largest absolute Gasteiger partial charge is 0.233 e. The molecule has 1 rings (SSSR count). The van der Waals surface area contributed by atoms with E-state index in [1.807, 2.05) is 12.1 Å². The Kier molecular flexibility index (Phi) is 5.13. The van der Waals surface area contributed by atoms with Gasteiger partial charge in [-0.2, -0.15) is 0 Å². The number of hydrogen-bond acceptors (Lipinski definition) is 2. The van der Waals surface area contributed by atoms with Crippen LogP contribution < -0.4 is 0 Å². The topological polar surface area (TPSA) is 12.4 Å². The van der Waals surface area contributed by atoms with E-state index in [4.69, 9.17) is 23.2 Å². The van der Waals surface area contributed by atoms with Crippen LogP contribution in [0.25, 0.3) is 0 Å². The predicted octanol–water partition coefficient (Wildman–Crippen LogP) is 4.03. The molecule has 0 bridgehead atoms. The van der Waals surface area contributed by atoms with Crippen molar-refractivity contribution < 1.29 is 0 Å². The second kappa shape index (κ2) is 6.15. The molecule has 0 spiro atoms. The van der Waals surface area contributed by atoms with E-state index in [0.717, 1.165) is 18.4 Å². The van der Waals surface area contributed by atoms with Crippen LogP contribution in [-0.4, -0.2) is 11.7 Å². The van der Waals surface area contributed by atoms with Crippen molar-refractivity contribution in [3.05, 3.63) is 33.8 Å². The Labute approximate surface area is 98.8 Å². The first-order chi connectivity index (χ1) is 6.72. The zero-order valence-corrected chi connectivity index (χ0v) is 9.79. The van der Waals surface area contributed by atoms with E-state index in [1.165, 1.54) is 0 Å². The molecule has 4 heteroatoms. The highest BCUT2D eigenvalue weighted by Gasteiger charge is 1.97. The molecule has 0 aliphatic rings. The molecule has 0 saturated carbocycles. The van der Waals surface area contributed by atoms with Crippen molar-refractivity contribution in [2.45, 2.75) is 12.8 Å². The molecule has 1 nitrogen and oxygen atoms in total. The van der Waals surface area contributed by atoms with Crippen LogP contribution in [0.5, 0.6) is 0 Å². The molecule has 0 unspecified atom stereocenters. The van der Waals surface area contributed by atoms with E-state index in [-0.39, 0.29) is 0 Å². The lowest BCUT2D eigenvalue weighted by Gasteiger charge is -2.01. The lowest BCUT2D eigenvalue weighted by Crippen LogP contribution is -1.88. The number of aliphatic imine (C=N–C) groups is 1. The predicted molar refractivity (Wildman–Crippen MR) is 64.7 cm³/mol. The maximum absolute atomic E-state index is 5.85. The normalized spacial score (nSPS) is 9.57. The average Bonchev–Trinajstić information content (AvgIpc) is 2.11. The van der Waals surface area contributed by atoms with E-state index in [0.29, 0.717) is 16.6 Å². The van der Waals surface area contributed by atoms with Crippen molar-refractivity contribution >= 4 is 40.6 Å². The summed E-state index contributed by atoms with van der Waals surface area (Å²) in [5.74, 6) is 0. The summed E-state index contributed by atoms with van der Waals surface area (Å²) in [6.45, 7) is 0.702. The quantitative estimate of drug-likeness (QED) is 0.444. The van der Waals surface area contributed by atoms with E-state index in [9.17, 15) is 0 Å². The van der Waals surface area contributed by atoms with Crippen LogP contribution in [0.2, 0.25) is 10.0 Å². The Morgan fingerprint density at radius 1 is 1.21 bits per heavy atom. The van der Waals surface area contributed by atoms with Crippen molar-refractivity contribution in [1.82, 2.24) is 0 Å². The summed E-state index contributed by atoms with van der Waals surface area (Å²) in [4.78, 5) is 3.83. The fraction of sp³-hybridized carbons (Fsp3) is 0.300. The Morgan fingerprint density at radius 3 is 2.43 bits per heavy atom. The van der Waals surface area contributed by atoms with E-state index in [2.05, 4.69) is 22.4 Å². The molecule has 1 aromatic rings. The number of rotatable bonds is 4. The maximum Gasteiger partial charge on any atom is 0.0584 e. The third-order valence-corrected chi connectivity index (χ3v) is 2.29. The number of isothiocyanates is 1. The van der Waals surface area contributed by atoms with Crippen molar-refractivity contribution in [3.63, 3.8) is 0 Å². The van der Waals surface area contributed by atoms with Crippen LogP contribution in [0.1, 0.15) is 12.0 Å². The summed E-state index contributed by atoms with van der Waals surface area (Å²) in [5.41, 5.74) is 1.13. The summed E-state index contributed by atoms with van der Waals surface area (Å²) in [6.07, 6.45) is 1.83. The van der Waals surface area contributed by atoms with E-state index < -0.39 is 0 Å². The molecule has 14 heavy (non-hydrogen) atoms. The van der Waals surface area contributed by atoms with Crippen LogP contribution >= 0.6 is 35.4 Å². The average molecular weight is 246 g/mol. The van der Waals surface area contributed by atoms with Crippen LogP contribution in [0, 0.1) is 0 Å².